The van der Waals surface area contributed by atoms with Crippen LogP contribution in [0.1, 0.15) is 16.7 Å². The van der Waals surface area contributed by atoms with Crippen molar-refractivity contribution in [2.45, 2.75) is 12.8 Å². The molecule has 0 aliphatic rings. The second-order valence-corrected chi connectivity index (χ2v) is 8.82. The van der Waals surface area contributed by atoms with Gasteiger partial charge in [0.25, 0.3) is 5.56 Å². The van der Waals surface area contributed by atoms with Gasteiger partial charge < -0.3 is 4.74 Å². The molecule has 0 unspecified atom stereocenters. The number of hydrogen-bond donors (Lipinski definition) is 0. The van der Waals surface area contributed by atoms with Gasteiger partial charge in [0.05, 0.1) is 22.7 Å². The van der Waals surface area contributed by atoms with E-state index in [0.717, 1.165) is 22.4 Å². The van der Waals surface area contributed by atoms with Crippen molar-refractivity contribution in [1.82, 2.24) is 9.66 Å². The van der Waals surface area contributed by atoms with Crippen LogP contribution in [0.25, 0.3) is 22.3 Å². The van der Waals surface area contributed by atoms with E-state index >= 15 is 0 Å². The van der Waals surface area contributed by atoms with Gasteiger partial charge in [0.2, 0.25) is 0 Å². The second kappa shape index (κ2) is 10.5. The van der Waals surface area contributed by atoms with Gasteiger partial charge in [-0.2, -0.15) is 22.9 Å². The number of ether oxygens (including phenoxy) is 1. The van der Waals surface area contributed by atoms with E-state index in [1.165, 1.54) is 18.3 Å². The molecule has 1 heterocycles. The topological polar surface area (TPSA) is 56.5 Å². The molecule has 4 aromatic carbocycles. The Kier molecular flexibility index (Phi) is 6.98. The third-order valence-corrected chi connectivity index (χ3v) is 5.95. The van der Waals surface area contributed by atoms with Gasteiger partial charge in [-0.3, -0.25) is 4.79 Å². The molecule has 0 aliphatic heterocycles. The van der Waals surface area contributed by atoms with Crippen LogP contribution in [-0.4, -0.2) is 15.9 Å². The first kappa shape index (κ1) is 25.2. The van der Waals surface area contributed by atoms with Crippen LogP contribution in [0.4, 0.5) is 13.2 Å². The van der Waals surface area contributed by atoms with Gasteiger partial charge in [-0.15, -0.1) is 0 Å². The lowest BCUT2D eigenvalue weighted by Gasteiger charge is -2.12. The number of hydrogen-bond acceptors (Lipinski definition) is 4. The maximum Gasteiger partial charge on any atom is 0.416 e. The van der Waals surface area contributed by atoms with E-state index in [-0.39, 0.29) is 11.4 Å². The van der Waals surface area contributed by atoms with Gasteiger partial charge in [-0.05, 0) is 59.7 Å². The first-order valence-electron chi connectivity index (χ1n) is 11.5. The monoisotopic (exact) mass is 533 g/mol. The Morgan fingerprint density at radius 3 is 2.47 bits per heavy atom. The SMILES string of the molecule is O=c1c2ccccc2nc(-c2cccc(C(F)(F)F)c2)n1N=Cc1cccc(OCc2ccc(Cl)cc2)c1. The number of fused-ring (bicyclic) bond motifs is 1. The Hall–Kier alpha value is -4.43. The third kappa shape index (κ3) is 5.60. The average molecular weight is 534 g/mol. The van der Waals surface area contributed by atoms with E-state index < -0.39 is 17.3 Å². The number of benzene rings is 4. The summed E-state index contributed by atoms with van der Waals surface area (Å²) in [6, 6.07) is 25.6. The summed E-state index contributed by atoms with van der Waals surface area (Å²) in [6.45, 7) is 0.325. The molecule has 190 valence electrons. The molecule has 5 rings (SSSR count). The molecule has 0 radical (unpaired) electrons. The molecule has 1 aromatic heterocycles. The zero-order chi connectivity index (χ0) is 26.7. The summed E-state index contributed by atoms with van der Waals surface area (Å²) >= 11 is 5.92. The number of para-hydroxylation sites is 1. The number of alkyl halides is 3. The molecule has 0 fully saturated rings. The molecule has 0 saturated heterocycles. The molecule has 5 nitrogen and oxygen atoms in total. The average Bonchev–Trinajstić information content (AvgIpc) is 2.92. The second-order valence-electron chi connectivity index (χ2n) is 8.38. The van der Waals surface area contributed by atoms with Gasteiger partial charge in [0.1, 0.15) is 12.4 Å². The highest BCUT2D eigenvalue weighted by molar-refractivity contribution is 6.30. The van der Waals surface area contributed by atoms with Crippen LogP contribution in [0.5, 0.6) is 5.75 Å². The lowest BCUT2D eigenvalue weighted by molar-refractivity contribution is -0.137. The maximum atomic E-state index is 13.4. The summed E-state index contributed by atoms with van der Waals surface area (Å²) in [5.41, 5.74) is 0.670. The van der Waals surface area contributed by atoms with Crippen LogP contribution in [0.15, 0.2) is 107 Å². The highest BCUT2D eigenvalue weighted by Crippen LogP contribution is 2.32. The summed E-state index contributed by atoms with van der Waals surface area (Å²) in [4.78, 5) is 17.8. The van der Waals surface area contributed by atoms with Crippen molar-refractivity contribution in [2.24, 2.45) is 5.10 Å². The van der Waals surface area contributed by atoms with Gasteiger partial charge in [0.15, 0.2) is 5.82 Å². The van der Waals surface area contributed by atoms with Gasteiger partial charge >= 0.3 is 6.18 Å². The van der Waals surface area contributed by atoms with Crippen molar-refractivity contribution in [3.05, 3.63) is 129 Å². The number of rotatable bonds is 6. The van der Waals surface area contributed by atoms with Crippen LogP contribution in [-0.2, 0) is 12.8 Å². The summed E-state index contributed by atoms with van der Waals surface area (Å²) in [5, 5.41) is 5.25. The largest absolute Gasteiger partial charge is 0.489 e. The molecule has 0 saturated carbocycles. The van der Waals surface area contributed by atoms with Crippen LogP contribution in [0.2, 0.25) is 5.02 Å². The molecule has 0 amide bonds. The minimum absolute atomic E-state index is 0.00815. The van der Waals surface area contributed by atoms with Crippen LogP contribution >= 0.6 is 11.6 Å². The quantitative estimate of drug-likeness (QED) is 0.217. The summed E-state index contributed by atoms with van der Waals surface area (Å²) < 4.78 is 47.0. The molecule has 9 heteroatoms. The Morgan fingerprint density at radius 1 is 0.921 bits per heavy atom. The highest BCUT2D eigenvalue weighted by Gasteiger charge is 2.31. The van der Waals surface area contributed by atoms with Crippen molar-refractivity contribution in [3.63, 3.8) is 0 Å². The molecule has 0 aliphatic carbocycles. The number of nitrogens with zero attached hydrogens (tertiary/aromatic N) is 3. The summed E-state index contributed by atoms with van der Waals surface area (Å²) in [7, 11) is 0. The van der Waals surface area contributed by atoms with Crippen molar-refractivity contribution in [3.8, 4) is 17.1 Å². The highest BCUT2D eigenvalue weighted by atomic mass is 35.5. The Balaban J connectivity index is 1.51. The minimum atomic E-state index is -4.55. The predicted molar refractivity (Wildman–Crippen MR) is 142 cm³/mol. The smallest absolute Gasteiger partial charge is 0.416 e. The van der Waals surface area contributed by atoms with Crippen molar-refractivity contribution in [2.75, 3.05) is 0 Å². The molecular weight excluding hydrogens is 515 g/mol. The van der Waals surface area contributed by atoms with E-state index in [0.29, 0.717) is 33.8 Å². The summed E-state index contributed by atoms with van der Waals surface area (Å²) in [5.74, 6) is 0.567. The normalized spacial score (nSPS) is 11.8. The molecule has 0 bridgehead atoms. The van der Waals surface area contributed by atoms with E-state index in [4.69, 9.17) is 16.3 Å². The van der Waals surface area contributed by atoms with Gasteiger partial charge in [-0.1, -0.05) is 60.1 Å². The first-order valence-corrected chi connectivity index (χ1v) is 11.9. The lowest BCUT2D eigenvalue weighted by Crippen LogP contribution is -2.20. The Labute approximate surface area is 220 Å². The van der Waals surface area contributed by atoms with Crippen LogP contribution in [0, 0.1) is 0 Å². The molecular formula is C29H19ClF3N3O2. The number of halogens is 4. The van der Waals surface area contributed by atoms with Crippen LogP contribution < -0.4 is 10.3 Å². The van der Waals surface area contributed by atoms with E-state index in [1.807, 2.05) is 12.1 Å². The maximum absolute atomic E-state index is 13.4. The first-order chi connectivity index (χ1) is 18.3. The van der Waals surface area contributed by atoms with Crippen LogP contribution in [0.3, 0.4) is 0 Å². The molecule has 5 aromatic rings. The lowest BCUT2D eigenvalue weighted by atomic mass is 10.1. The van der Waals surface area contributed by atoms with Gasteiger partial charge in [-0.25, -0.2) is 4.98 Å². The molecule has 0 spiro atoms. The fourth-order valence-corrected chi connectivity index (χ4v) is 3.93. The fourth-order valence-electron chi connectivity index (χ4n) is 3.81. The molecule has 0 N–H and O–H groups in total. The van der Waals surface area contributed by atoms with E-state index in [9.17, 15) is 18.0 Å². The molecule has 38 heavy (non-hydrogen) atoms. The van der Waals surface area contributed by atoms with Gasteiger partial charge in [0, 0.05) is 10.6 Å². The standard InChI is InChI=1S/C29H19ClF3N3O2/c30-23-13-11-19(12-14-23)18-38-24-8-3-5-20(15-24)17-34-36-27(21-6-4-7-22(16-21)29(31,32)33)35-26-10-2-1-9-25(26)28(36)37/h1-17H,18H2. The predicted octanol–water partition coefficient (Wildman–Crippen LogP) is 7.20. The van der Waals surface area contributed by atoms with Crippen molar-refractivity contribution < 1.29 is 17.9 Å². The Bertz CT molecular complexity index is 1700. The van der Waals surface area contributed by atoms with Crippen molar-refractivity contribution in [1.29, 1.82) is 0 Å². The number of aromatic nitrogens is 2. The van der Waals surface area contributed by atoms with Crippen molar-refractivity contribution >= 4 is 28.7 Å². The fraction of sp³-hybridized carbons (Fsp3) is 0.0690. The minimum Gasteiger partial charge on any atom is -0.489 e. The zero-order valence-corrected chi connectivity index (χ0v) is 20.4. The van der Waals surface area contributed by atoms with E-state index in [2.05, 4.69) is 10.1 Å². The summed E-state index contributed by atoms with van der Waals surface area (Å²) in [6.07, 6.45) is -3.11. The molecule has 0 atom stereocenters. The zero-order valence-electron chi connectivity index (χ0n) is 19.7. The van der Waals surface area contributed by atoms with E-state index in [1.54, 1.807) is 60.7 Å². The third-order valence-electron chi connectivity index (χ3n) is 5.70. The Morgan fingerprint density at radius 2 is 1.68 bits per heavy atom.